The molecule has 0 spiro atoms. The molecule has 1 atom stereocenters. The Morgan fingerprint density at radius 3 is 2.41 bits per heavy atom. The summed E-state index contributed by atoms with van der Waals surface area (Å²) < 4.78 is 0. The van der Waals surface area contributed by atoms with Crippen molar-refractivity contribution in [2.75, 3.05) is 13.1 Å². The van der Waals surface area contributed by atoms with Gasteiger partial charge in [0.2, 0.25) is 11.8 Å². The van der Waals surface area contributed by atoms with E-state index in [-0.39, 0.29) is 23.9 Å². The van der Waals surface area contributed by atoms with Crippen LogP contribution in [-0.4, -0.2) is 41.9 Å². The molecule has 5 heteroatoms. The van der Waals surface area contributed by atoms with Crippen molar-refractivity contribution in [3.63, 3.8) is 0 Å². The van der Waals surface area contributed by atoms with Crippen LogP contribution in [0.5, 0.6) is 0 Å². The molecule has 0 radical (unpaired) electrons. The van der Waals surface area contributed by atoms with Gasteiger partial charge in [0.25, 0.3) is 0 Å². The van der Waals surface area contributed by atoms with Gasteiger partial charge in [0.15, 0.2) is 0 Å². The number of amides is 2. The van der Waals surface area contributed by atoms with Crippen molar-refractivity contribution >= 4 is 11.8 Å². The Labute approximate surface area is 103 Å². The Bertz CT molecular complexity index is 273. The zero-order valence-electron chi connectivity index (χ0n) is 10.7. The van der Waals surface area contributed by atoms with Crippen LogP contribution < -0.4 is 11.1 Å². The molecular formula is C12H23N3O2. The Morgan fingerprint density at radius 2 is 1.94 bits per heavy atom. The highest BCUT2D eigenvalue weighted by Gasteiger charge is 2.25. The van der Waals surface area contributed by atoms with E-state index in [0.717, 1.165) is 12.8 Å². The van der Waals surface area contributed by atoms with E-state index in [1.165, 1.54) is 0 Å². The lowest BCUT2D eigenvalue weighted by atomic mass is 10.0. The summed E-state index contributed by atoms with van der Waals surface area (Å²) in [4.78, 5) is 24.9. The van der Waals surface area contributed by atoms with Crippen molar-refractivity contribution in [1.82, 2.24) is 10.2 Å². The molecule has 1 rings (SSSR count). The quantitative estimate of drug-likeness (QED) is 0.740. The smallest absolute Gasteiger partial charge is 0.239 e. The number of hydrogen-bond acceptors (Lipinski definition) is 3. The van der Waals surface area contributed by atoms with Crippen molar-refractivity contribution in [2.45, 2.75) is 51.6 Å². The highest BCUT2D eigenvalue weighted by molar-refractivity contribution is 5.81. The van der Waals surface area contributed by atoms with Crippen molar-refractivity contribution in [3.05, 3.63) is 0 Å². The maximum absolute atomic E-state index is 11.8. The lowest BCUT2D eigenvalue weighted by Crippen LogP contribution is -2.50. The van der Waals surface area contributed by atoms with Crippen molar-refractivity contribution in [3.8, 4) is 0 Å². The SMILES string of the molecule is CCC(=O)NC1CCN(C(=O)[C@@H](N)CC)CC1. The van der Waals surface area contributed by atoms with E-state index in [0.29, 0.717) is 25.9 Å². The van der Waals surface area contributed by atoms with Crippen LogP contribution in [0.25, 0.3) is 0 Å². The number of likely N-dealkylation sites (tertiary alicyclic amines) is 1. The average Bonchev–Trinajstić information content (AvgIpc) is 2.37. The second-order valence-corrected chi connectivity index (χ2v) is 4.54. The number of piperidine rings is 1. The minimum absolute atomic E-state index is 0.0350. The summed E-state index contributed by atoms with van der Waals surface area (Å²) in [6.07, 6.45) is 2.84. The van der Waals surface area contributed by atoms with Gasteiger partial charge in [0, 0.05) is 25.6 Å². The highest BCUT2D eigenvalue weighted by atomic mass is 16.2. The standard InChI is InChI=1S/C12H23N3O2/c1-3-10(13)12(17)15-7-5-9(6-8-15)14-11(16)4-2/h9-10H,3-8,13H2,1-2H3,(H,14,16)/t10-/m0/s1. The summed E-state index contributed by atoms with van der Waals surface area (Å²) in [5, 5.41) is 2.96. The summed E-state index contributed by atoms with van der Waals surface area (Å²) in [6, 6.07) is -0.166. The van der Waals surface area contributed by atoms with Gasteiger partial charge >= 0.3 is 0 Å². The minimum atomic E-state index is -0.378. The van der Waals surface area contributed by atoms with Gasteiger partial charge in [-0.1, -0.05) is 13.8 Å². The Hall–Kier alpha value is -1.10. The first kappa shape index (κ1) is 14.0. The van der Waals surface area contributed by atoms with Crippen molar-refractivity contribution in [1.29, 1.82) is 0 Å². The van der Waals surface area contributed by atoms with E-state index in [1.807, 2.05) is 18.7 Å². The molecule has 1 aliphatic rings. The van der Waals surface area contributed by atoms with Gasteiger partial charge in [-0.05, 0) is 19.3 Å². The second kappa shape index (κ2) is 6.59. The molecule has 0 aliphatic carbocycles. The molecule has 0 unspecified atom stereocenters. The lowest BCUT2D eigenvalue weighted by Gasteiger charge is -2.33. The van der Waals surface area contributed by atoms with Gasteiger partial charge in [0.1, 0.15) is 0 Å². The molecule has 3 N–H and O–H groups in total. The van der Waals surface area contributed by atoms with Crippen LogP contribution in [-0.2, 0) is 9.59 Å². The van der Waals surface area contributed by atoms with E-state index in [9.17, 15) is 9.59 Å². The van der Waals surface area contributed by atoms with Crippen LogP contribution in [0.4, 0.5) is 0 Å². The average molecular weight is 241 g/mol. The predicted octanol–water partition coefficient (Wildman–Crippen LogP) is 0.241. The van der Waals surface area contributed by atoms with Crippen LogP contribution >= 0.6 is 0 Å². The Morgan fingerprint density at radius 1 is 1.35 bits per heavy atom. The summed E-state index contributed by atoms with van der Waals surface area (Å²) in [5.41, 5.74) is 5.72. The fourth-order valence-electron chi connectivity index (χ4n) is 1.98. The molecule has 0 aromatic carbocycles. The molecule has 1 fully saturated rings. The number of carbonyl (C=O) groups is 2. The van der Waals surface area contributed by atoms with Crippen LogP contribution in [0.3, 0.4) is 0 Å². The van der Waals surface area contributed by atoms with E-state index in [4.69, 9.17) is 5.73 Å². The lowest BCUT2D eigenvalue weighted by molar-refractivity contribution is -0.133. The third-order valence-electron chi connectivity index (χ3n) is 3.25. The normalized spacial score (nSPS) is 18.9. The number of hydrogen-bond donors (Lipinski definition) is 2. The van der Waals surface area contributed by atoms with E-state index in [1.54, 1.807) is 0 Å². The number of carbonyl (C=O) groups excluding carboxylic acids is 2. The topological polar surface area (TPSA) is 75.4 Å². The number of nitrogens with one attached hydrogen (secondary N) is 1. The third kappa shape index (κ3) is 4.00. The molecule has 1 aliphatic heterocycles. The van der Waals surface area contributed by atoms with Gasteiger partial charge in [0.05, 0.1) is 6.04 Å². The van der Waals surface area contributed by atoms with Gasteiger partial charge < -0.3 is 16.0 Å². The summed E-state index contributed by atoms with van der Waals surface area (Å²) in [5.74, 6) is 0.118. The zero-order valence-corrected chi connectivity index (χ0v) is 10.7. The third-order valence-corrected chi connectivity index (χ3v) is 3.25. The molecule has 0 aromatic rings. The number of nitrogens with two attached hydrogens (primary N) is 1. The predicted molar refractivity (Wildman–Crippen MR) is 66.3 cm³/mol. The molecule has 1 saturated heterocycles. The molecule has 0 saturated carbocycles. The largest absolute Gasteiger partial charge is 0.353 e. The number of rotatable bonds is 4. The van der Waals surface area contributed by atoms with Crippen LogP contribution in [0.2, 0.25) is 0 Å². The monoisotopic (exact) mass is 241 g/mol. The summed E-state index contributed by atoms with van der Waals surface area (Å²) >= 11 is 0. The molecular weight excluding hydrogens is 218 g/mol. The number of nitrogens with zero attached hydrogens (tertiary/aromatic N) is 1. The summed E-state index contributed by atoms with van der Waals surface area (Å²) in [7, 11) is 0. The zero-order chi connectivity index (χ0) is 12.8. The first-order valence-electron chi connectivity index (χ1n) is 6.42. The van der Waals surface area contributed by atoms with Gasteiger partial charge in [-0.2, -0.15) is 0 Å². The molecule has 0 bridgehead atoms. The van der Waals surface area contributed by atoms with E-state index >= 15 is 0 Å². The van der Waals surface area contributed by atoms with Crippen LogP contribution in [0, 0.1) is 0 Å². The van der Waals surface area contributed by atoms with Crippen molar-refractivity contribution < 1.29 is 9.59 Å². The molecule has 1 heterocycles. The molecule has 0 aromatic heterocycles. The van der Waals surface area contributed by atoms with Gasteiger partial charge in [-0.15, -0.1) is 0 Å². The second-order valence-electron chi connectivity index (χ2n) is 4.54. The molecule has 2 amide bonds. The first-order valence-corrected chi connectivity index (χ1v) is 6.42. The fraction of sp³-hybridized carbons (Fsp3) is 0.833. The highest BCUT2D eigenvalue weighted by Crippen LogP contribution is 2.12. The van der Waals surface area contributed by atoms with Crippen molar-refractivity contribution in [2.24, 2.45) is 5.73 Å². The Balaban J connectivity index is 2.35. The summed E-state index contributed by atoms with van der Waals surface area (Å²) in [6.45, 7) is 5.15. The maximum atomic E-state index is 11.8. The molecule has 98 valence electrons. The minimum Gasteiger partial charge on any atom is -0.353 e. The van der Waals surface area contributed by atoms with Gasteiger partial charge in [-0.3, -0.25) is 9.59 Å². The van der Waals surface area contributed by atoms with Gasteiger partial charge in [-0.25, -0.2) is 0 Å². The Kier molecular flexibility index (Phi) is 5.41. The molecule has 17 heavy (non-hydrogen) atoms. The molecule has 5 nitrogen and oxygen atoms in total. The van der Waals surface area contributed by atoms with E-state index < -0.39 is 0 Å². The van der Waals surface area contributed by atoms with E-state index in [2.05, 4.69) is 5.32 Å². The van der Waals surface area contributed by atoms with Crippen LogP contribution in [0.15, 0.2) is 0 Å². The fourth-order valence-corrected chi connectivity index (χ4v) is 1.98. The maximum Gasteiger partial charge on any atom is 0.239 e. The first-order chi connectivity index (χ1) is 8.08. The van der Waals surface area contributed by atoms with Crippen LogP contribution in [0.1, 0.15) is 39.5 Å².